The molecule has 1 aliphatic heterocycles. The third kappa shape index (κ3) is 2.98. The Bertz CT molecular complexity index is 1310. The van der Waals surface area contributed by atoms with Gasteiger partial charge >= 0.3 is 0 Å². The predicted octanol–water partition coefficient (Wildman–Crippen LogP) is 1.85. The van der Waals surface area contributed by atoms with Gasteiger partial charge in [0.05, 0.1) is 41.0 Å². The molecule has 10 heteroatoms. The number of pyridine rings is 1. The standard InChI is InChI=1S/C20H18FN7O2/c1-11-8-27-9-12(6-14(21)19(27)25-11)26-20(30)13-2-3-15(18-17(13)23-10-24-18)28-5-4-22-7-16(28)29/h2-3,6,8-10,22H,4-5,7H2,1H3,(H,23,24)(H,26,30). The first-order valence-corrected chi connectivity index (χ1v) is 9.44. The van der Waals surface area contributed by atoms with Gasteiger partial charge in [0, 0.05) is 31.5 Å². The molecule has 2 amide bonds. The number of hydrogen-bond donors (Lipinski definition) is 3. The second-order valence-corrected chi connectivity index (χ2v) is 7.12. The molecular weight excluding hydrogens is 389 g/mol. The Hall–Kier alpha value is -3.79. The number of H-pyrrole nitrogens is 1. The fourth-order valence-electron chi connectivity index (χ4n) is 3.73. The van der Waals surface area contributed by atoms with Gasteiger partial charge in [0.2, 0.25) is 5.91 Å². The molecular formula is C20H18FN7O2. The molecule has 1 saturated heterocycles. The molecule has 0 unspecified atom stereocenters. The normalized spacial score (nSPS) is 14.6. The fraction of sp³-hybridized carbons (Fsp3) is 0.200. The number of nitrogens with one attached hydrogen (secondary N) is 3. The fourth-order valence-corrected chi connectivity index (χ4v) is 3.73. The van der Waals surface area contributed by atoms with Crippen LogP contribution in [0.2, 0.25) is 0 Å². The third-order valence-corrected chi connectivity index (χ3v) is 5.07. The lowest BCUT2D eigenvalue weighted by atomic mass is 10.1. The number of carbonyl (C=O) groups is 2. The smallest absolute Gasteiger partial charge is 0.257 e. The van der Waals surface area contributed by atoms with Crippen molar-refractivity contribution >= 4 is 39.9 Å². The van der Waals surface area contributed by atoms with E-state index in [1.165, 1.54) is 16.8 Å². The molecule has 3 aromatic heterocycles. The molecule has 0 spiro atoms. The summed E-state index contributed by atoms with van der Waals surface area (Å²) in [7, 11) is 0. The summed E-state index contributed by atoms with van der Waals surface area (Å²) in [6, 6.07) is 4.58. The Morgan fingerprint density at radius 3 is 3.00 bits per heavy atom. The average molecular weight is 407 g/mol. The van der Waals surface area contributed by atoms with Crippen LogP contribution < -0.4 is 15.5 Å². The number of piperazine rings is 1. The number of amides is 2. The molecule has 0 radical (unpaired) electrons. The van der Waals surface area contributed by atoms with E-state index in [9.17, 15) is 14.0 Å². The van der Waals surface area contributed by atoms with Crippen molar-refractivity contribution < 1.29 is 14.0 Å². The minimum atomic E-state index is -0.529. The summed E-state index contributed by atoms with van der Waals surface area (Å²) in [6.45, 7) is 3.25. The van der Waals surface area contributed by atoms with Crippen LogP contribution in [0.3, 0.4) is 0 Å². The molecule has 1 aliphatic rings. The van der Waals surface area contributed by atoms with Crippen LogP contribution in [0.15, 0.2) is 36.9 Å². The summed E-state index contributed by atoms with van der Waals surface area (Å²) in [5.74, 6) is -1.01. The molecule has 0 atom stereocenters. The summed E-state index contributed by atoms with van der Waals surface area (Å²) in [5, 5.41) is 5.75. The van der Waals surface area contributed by atoms with E-state index in [1.807, 2.05) is 0 Å². The molecule has 4 heterocycles. The van der Waals surface area contributed by atoms with Gasteiger partial charge in [-0.15, -0.1) is 0 Å². The summed E-state index contributed by atoms with van der Waals surface area (Å²) >= 11 is 0. The Morgan fingerprint density at radius 1 is 1.30 bits per heavy atom. The number of anilines is 2. The van der Waals surface area contributed by atoms with Crippen molar-refractivity contribution in [3.63, 3.8) is 0 Å². The number of aryl methyl sites for hydroxylation is 1. The van der Waals surface area contributed by atoms with Crippen LogP contribution in [0, 0.1) is 12.7 Å². The summed E-state index contributed by atoms with van der Waals surface area (Å²) in [4.78, 5) is 38.3. The van der Waals surface area contributed by atoms with Crippen LogP contribution in [-0.4, -0.2) is 50.8 Å². The maximum absolute atomic E-state index is 14.3. The number of nitrogens with zero attached hydrogens (tertiary/aromatic N) is 4. The van der Waals surface area contributed by atoms with E-state index >= 15 is 0 Å². The first kappa shape index (κ1) is 18.3. The van der Waals surface area contributed by atoms with E-state index < -0.39 is 11.7 Å². The van der Waals surface area contributed by atoms with Crippen molar-refractivity contribution in [3.05, 3.63) is 54.0 Å². The highest BCUT2D eigenvalue weighted by atomic mass is 19.1. The SMILES string of the molecule is Cc1cn2cc(NC(=O)c3ccc(N4CCNCC4=O)c4[nH]cnc34)cc(F)c2n1. The highest BCUT2D eigenvalue weighted by Gasteiger charge is 2.24. The predicted molar refractivity (Wildman–Crippen MR) is 109 cm³/mol. The van der Waals surface area contributed by atoms with Gasteiger partial charge in [-0.3, -0.25) is 9.59 Å². The van der Waals surface area contributed by atoms with Gasteiger partial charge in [0.25, 0.3) is 5.91 Å². The van der Waals surface area contributed by atoms with Gasteiger partial charge < -0.3 is 24.9 Å². The quantitative estimate of drug-likeness (QED) is 0.480. The number of halogens is 1. The van der Waals surface area contributed by atoms with Crippen LogP contribution in [0.1, 0.15) is 16.1 Å². The van der Waals surface area contributed by atoms with Gasteiger partial charge in [0.15, 0.2) is 11.5 Å². The van der Waals surface area contributed by atoms with Crippen LogP contribution >= 0.6 is 0 Å². The summed E-state index contributed by atoms with van der Waals surface area (Å²) in [5.41, 5.74) is 3.21. The van der Waals surface area contributed by atoms with E-state index in [-0.39, 0.29) is 18.1 Å². The lowest BCUT2D eigenvalue weighted by molar-refractivity contribution is -0.118. The largest absolute Gasteiger partial charge is 0.343 e. The molecule has 5 rings (SSSR count). The molecule has 1 fully saturated rings. The molecule has 30 heavy (non-hydrogen) atoms. The number of fused-ring (bicyclic) bond motifs is 2. The van der Waals surface area contributed by atoms with E-state index in [2.05, 4.69) is 25.6 Å². The zero-order valence-electron chi connectivity index (χ0n) is 16.1. The maximum Gasteiger partial charge on any atom is 0.257 e. The zero-order chi connectivity index (χ0) is 20.8. The lowest BCUT2D eigenvalue weighted by Gasteiger charge is -2.27. The molecule has 1 aromatic carbocycles. The van der Waals surface area contributed by atoms with Gasteiger partial charge in [-0.05, 0) is 19.1 Å². The van der Waals surface area contributed by atoms with Crippen molar-refractivity contribution in [2.45, 2.75) is 6.92 Å². The van der Waals surface area contributed by atoms with Crippen molar-refractivity contribution in [2.24, 2.45) is 0 Å². The van der Waals surface area contributed by atoms with Gasteiger partial charge in [-0.25, -0.2) is 14.4 Å². The minimum absolute atomic E-state index is 0.0474. The number of benzene rings is 1. The Balaban J connectivity index is 1.49. The summed E-state index contributed by atoms with van der Waals surface area (Å²) in [6.07, 6.45) is 4.77. The Morgan fingerprint density at radius 2 is 2.17 bits per heavy atom. The topological polar surface area (TPSA) is 107 Å². The van der Waals surface area contributed by atoms with E-state index in [1.54, 1.807) is 36.4 Å². The van der Waals surface area contributed by atoms with Crippen LogP contribution in [0.4, 0.5) is 15.8 Å². The highest BCUT2D eigenvalue weighted by molar-refractivity contribution is 6.14. The lowest BCUT2D eigenvalue weighted by Crippen LogP contribution is -2.48. The number of aromatic amines is 1. The van der Waals surface area contributed by atoms with Gasteiger partial charge in [0.1, 0.15) is 5.52 Å². The van der Waals surface area contributed by atoms with E-state index in [4.69, 9.17) is 0 Å². The second-order valence-electron chi connectivity index (χ2n) is 7.12. The number of carbonyl (C=O) groups excluding carboxylic acids is 2. The molecule has 9 nitrogen and oxygen atoms in total. The molecule has 0 aliphatic carbocycles. The average Bonchev–Trinajstić information content (AvgIpc) is 3.34. The van der Waals surface area contributed by atoms with E-state index in [0.29, 0.717) is 46.8 Å². The van der Waals surface area contributed by atoms with Gasteiger partial charge in [-0.2, -0.15) is 0 Å². The molecule has 152 valence electrons. The molecule has 0 saturated carbocycles. The van der Waals surface area contributed by atoms with Gasteiger partial charge in [-0.1, -0.05) is 0 Å². The van der Waals surface area contributed by atoms with Crippen molar-refractivity contribution in [1.82, 2.24) is 24.7 Å². The number of imidazole rings is 2. The zero-order valence-corrected chi connectivity index (χ0v) is 16.1. The van der Waals surface area contributed by atoms with Crippen LogP contribution in [-0.2, 0) is 4.79 Å². The number of hydrogen-bond acceptors (Lipinski definition) is 5. The summed E-state index contributed by atoms with van der Waals surface area (Å²) < 4.78 is 15.8. The van der Waals surface area contributed by atoms with Crippen molar-refractivity contribution in [3.8, 4) is 0 Å². The van der Waals surface area contributed by atoms with Crippen LogP contribution in [0.25, 0.3) is 16.7 Å². The number of rotatable bonds is 3. The van der Waals surface area contributed by atoms with E-state index in [0.717, 1.165) is 0 Å². The Kier molecular flexibility index (Phi) is 4.21. The van der Waals surface area contributed by atoms with Crippen molar-refractivity contribution in [2.75, 3.05) is 29.9 Å². The molecule has 4 aromatic rings. The number of aromatic nitrogens is 4. The van der Waals surface area contributed by atoms with Crippen LogP contribution in [0.5, 0.6) is 0 Å². The van der Waals surface area contributed by atoms with Crippen molar-refractivity contribution in [1.29, 1.82) is 0 Å². The first-order valence-electron chi connectivity index (χ1n) is 9.44. The maximum atomic E-state index is 14.3. The molecule has 3 N–H and O–H groups in total. The third-order valence-electron chi connectivity index (χ3n) is 5.07. The molecule has 0 bridgehead atoms. The second kappa shape index (κ2) is 6.92. The first-order chi connectivity index (χ1) is 14.5. The Labute approximate surface area is 169 Å². The monoisotopic (exact) mass is 407 g/mol. The highest BCUT2D eigenvalue weighted by Crippen LogP contribution is 2.28. The minimum Gasteiger partial charge on any atom is -0.343 e.